The first kappa shape index (κ1) is 28.1. The van der Waals surface area contributed by atoms with Crippen LogP contribution in [0.1, 0.15) is 37.9 Å². The Hall–Kier alpha value is -2.95. The van der Waals surface area contributed by atoms with Gasteiger partial charge in [-0.25, -0.2) is 9.79 Å². The van der Waals surface area contributed by atoms with E-state index in [4.69, 9.17) is 14.2 Å². The van der Waals surface area contributed by atoms with Crippen molar-refractivity contribution in [3.05, 3.63) is 100 Å². The molecule has 7 nitrogen and oxygen atoms in total. The van der Waals surface area contributed by atoms with Crippen LogP contribution in [0.4, 0.5) is 0 Å². The number of esters is 1. The number of rotatable bonds is 9. The molecule has 2 aromatic carbocycles. The molecule has 1 atom stereocenters. The number of fused-ring (bicyclic) bond motifs is 1. The molecule has 2 heterocycles. The fourth-order valence-corrected chi connectivity index (χ4v) is 6.54. The lowest BCUT2D eigenvalue weighted by molar-refractivity contribution is -0.139. The summed E-state index contributed by atoms with van der Waals surface area (Å²) in [7, 11) is 0. The first-order valence-electron chi connectivity index (χ1n) is 11.9. The first-order valence-corrected chi connectivity index (χ1v) is 14.3. The molecule has 0 saturated carbocycles. The molecule has 1 aromatic heterocycles. The Balaban J connectivity index is 1.92. The summed E-state index contributed by atoms with van der Waals surface area (Å²) in [5.41, 5.74) is 2.04. The van der Waals surface area contributed by atoms with Crippen LogP contribution in [0.25, 0.3) is 6.08 Å². The minimum absolute atomic E-state index is 0.207. The van der Waals surface area contributed by atoms with Gasteiger partial charge in [-0.05, 0) is 72.6 Å². The smallest absolute Gasteiger partial charge is 0.338 e. The summed E-state index contributed by atoms with van der Waals surface area (Å²) >= 11 is 8.32. The lowest BCUT2D eigenvalue weighted by atomic mass is 9.96. The summed E-state index contributed by atoms with van der Waals surface area (Å²) in [6.07, 6.45) is 3.45. The third-order valence-electron chi connectivity index (χ3n) is 5.69. The van der Waals surface area contributed by atoms with Crippen LogP contribution in [-0.2, 0) is 9.53 Å². The quantitative estimate of drug-likeness (QED) is 0.230. The van der Waals surface area contributed by atoms with Crippen molar-refractivity contribution in [3.8, 4) is 11.5 Å². The molecular weight excluding hydrogens is 636 g/mol. The molecule has 0 N–H and O–H groups in total. The highest BCUT2D eigenvalue weighted by molar-refractivity contribution is 9.11. The molecule has 198 valence electrons. The minimum Gasteiger partial charge on any atom is -0.492 e. The molecular formula is C28H26Br2N2O5S. The molecule has 10 heteroatoms. The second-order valence-electron chi connectivity index (χ2n) is 8.21. The average molecular weight is 662 g/mol. The zero-order valence-corrected chi connectivity index (χ0v) is 25.1. The Bertz CT molecular complexity index is 1590. The maximum atomic E-state index is 13.9. The fourth-order valence-electron chi connectivity index (χ4n) is 4.13. The van der Waals surface area contributed by atoms with E-state index in [2.05, 4.69) is 43.4 Å². The van der Waals surface area contributed by atoms with Crippen molar-refractivity contribution >= 4 is 55.2 Å². The standard InChI is InChI=1S/C28H26Br2N2O5S/c1-5-12-37-20-10-8-17(9-11-20)24-23(27(34)36-7-3)16(4)31-28-32(24)26(33)22(38-28)14-18-13-19(29)15-21(30)25(18)35-6-2/h5,8-11,13-15,24H,1,6-7,12H2,2-4H3/b22-14-/t24-/m0/s1. The number of allylic oxidation sites excluding steroid dienone is 1. The molecule has 1 aliphatic rings. The number of carbonyl (C=O) groups excluding carboxylic acids is 1. The largest absolute Gasteiger partial charge is 0.492 e. The lowest BCUT2D eigenvalue weighted by Gasteiger charge is -2.24. The minimum atomic E-state index is -0.707. The second-order valence-corrected chi connectivity index (χ2v) is 11.0. The molecule has 0 radical (unpaired) electrons. The molecule has 1 aliphatic heterocycles. The highest BCUT2D eigenvalue weighted by Gasteiger charge is 2.33. The van der Waals surface area contributed by atoms with Gasteiger partial charge >= 0.3 is 5.97 Å². The number of carbonyl (C=O) groups is 1. The van der Waals surface area contributed by atoms with Crippen LogP contribution in [0.15, 0.2) is 79.1 Å². The molecule has 0 unspecified atom stereocenters. The van der Waals surface area contributed by atoms with Crippen molar-refractivity contribution in [2.75, 3.05) is 19.8 Å². The van der Waals surface area contributed by atoms with Crippen LogP contribution in [0.2, 0.25) is 0 Å². The number of hydrogen-bond acceptors (Lipinski definition) is 7. The van der Waals surface area contributed by atoms with E-state index in [0.29, 0.717) is 45.3 Å². The zero-order chi connectivity index (χ0) is 27.4. The molecule has 0 fully saturated rings. The van der Waals surface area contributed by atoms with Crippen molar-refractivity contribution in [3.63, 3.8) is 0 Å². The van der Waals surface area contributed by atoms with Gasteiger partial charge < -0.3 is 14.2 Å². The summed E-state index contributed by atoms with van der Waals surface area (Å²) in [5.74, 6) is 0.786. The Morgan fingerprint density at radius 3 is 2.55 bits per heavy atom. The summed E-state index contributed by atoms with van der Waals surface area (Å²) in [5, 5.41) is 0. The van der Waals surface area contributed by atoms with Crippen molar-refractivity contribution in [2.24, 2.45) is 4.99 Å². The van der Waals surface area contributed by atoms with Gasteiger partial charge in [-0.15, -0.1) is 0 Å². The highest BCUT2D eigenvalue weighted by Crippen LogP contribution is 2.34. The van der Waals surface area contributed by atoms with Crippen LogP contribution in [0.5, 0.6) is 11.5 Å². The molecule has 0 spiro atoms. The Labute approximate surface area is 241 Å². The van der Waals surface area contributed by atoms with E-state index in [1.807, 2.05) is 31.2 Å². The first-order chi connectivity index (χ1) is 18.3. The molecule has 3 aromatic rings. The predicted molar refractivity (Wildman–Crippen MR) is 156 cm³/mol. The van der Waals surface area contributed by atoms with Crippen LogP contribution in [-0.4, -0.2) is 30.4 Å². The third kappa shape index (κ3) is 5.72. The van der Waals surface area contributed by atoms with E-state index in [0.717, 1.165) is 20.1 Å². The molecule has 0 bridgehead atoms. The molecule has 0 aliphatic carbocycles. The highest BCUT2D eigenvalue weighted by atomic mass is 79.9. The van der Waals surface area contributed by atoms with Crippen LogP contribution < -0.4 is 24.4 Å². The van der Waals surface area contributed by atoms with E-state index >= 15 is 0 Å². The van der Waals surface area contributed by atoms with Crippen molar-refractivity contribution in [2.45, 2.75) is 26.8 Å². The SMILES string of the molecule is C=CCOc1ccc([C@H]2C(C(=O)OCC)=C(C)N=c3s/c(=C\c4cc(Br)cc(Br)c4OCC)c(=O)n32)cc1. The molecule has 0 amide bonds. The number of nitrogens with zero attached hydrogens (tertiary/aromatic N) is 2. The van der Waals surface area contributed by atoms with Gasteiger partial charge in [0.25, 0.3) is 5.56 Å². The van der Waals surface area contributed by atoms with Gasteiger partial charge in [0.2, 0.25) is 0 Å². The Kier molecular flexibility index (Phi) is 9.07. The lowest BCUT2D eigenvalue weighted by Crippen LogP contribution is -2.39. The maximum Gasteiger partial charge on any atom is 0.338 e. The van der Waals surface area contributed by atoms with Gasteiger partial charge in [0, 0.05) is 10.0 Å². The van der Waals surface area contributed by atoms with Crippen molar-refractivity contribution in [1.82, 2.24) is 4.57 Å². The van der Waals surface area contributed by atoms with Crippen LogP contribution >= 0.6 is 43.2 Å². The normalized spacial score (nSPS) is 15.1. The van der Waals surface area contributed by atoms with E-state index in [-0.39, 0.29) is 12.2 Å². The van der Waals surface area contributed by atoms with Crippen LogP contribution in [0.3, 0.4) is 0 Å². The van der Waals surface area contributed by atoms with Gasteiger partial charge in [-0.3, -0.25) is 9.36 Å². The molecule has 4 rings (SSSR count). The molecule has 38 heavy (non-hydrogen) atoms. The maximum absolute atomic E-state index is 13.9. The van der Waals surface area contributed by atoms with Gasteiger partial charge in [0.1, 0.15) is 18.1 Å². The van der Waals surface area contributed by atoms with E-state index < -0.39 is 12.0 Å². The van der Waals surface area contributed by atoms with E-state index in [1.54, 1.807) is 42.7 Å². The Morgan fingerprint density at radius 2 is 1.89 bits per heavy atom. The monoisotopic (exact) mass is 660 g/mol. The van der Waals surface area contributed by atoms with Gasteiger partial charge in [0.05, 0.1) is 39.5 Å². The molecule has 0 saturated heterocycles. The summed E-state index contributed by atoms with van der Waals surface area (Å²) in [4.78, 5) is 32.1. The number of ether oxygens (including phenoxy) is 3. The summed E-state index contributed by atoms with van der Waals surface area (Å²) < 4.78 is 20.5. The van der Waals surface area contributed by atoms with Gasteiger partial charge in [-0.2, -0.15) is 0 Å². The number of hydrogen-bond donors (Lipinski definition) is 0. The van der Waals surface area contributed by atoms with E-state index in [1.165, 1.54) is 11.3 Å². The topological polar surface area (TPSA) is 79.1 Å². The van der Waals surface area contributed by atoms with Gasteiger partial charge in [-0.1, -0.05) is 52.1 Å². The number of aromatic nitrogens is 1. The average Bonchev–Trinajstić information content (AvgIpc) is 3.18. The third-order valence-corrected chi connectivity index (χ3v) is 7.72. The predicted octanol–water partition coefficient (Wildman–Crippen LogP) is 5.29. The van der Waals surface area contributed by atoms with Crippen molar-refractivity contribution in [1.29, 1.82) is 0 Å². The fraction of sp³-hybridized carbons (Fsp3) is 0.250. The summed E-state index contributed by atoms with van der Waals surface area (Å²) in [6.45, 7) is 10.1. The number of thiazole rings is 1. The van der Waals surface area contributed by atoms with Gasteiger partial charge in [0.15, 0.2) is 4.80 Å². The van der Waals surface area contributed by atoms with Crippen molar-refractivity contribution < 1.29 is 19.0 Å². The zero-order valence-electron chi connectivity index (χ0n) is 21.1. The Morgan fingerprint density at radius 1 is 1.16 bits per heavy atom. The van der Waals surface area contributed by atoms with Crippen LogP contribution in [0, 0.1) is 0 Å². The second kappa shape index (κ2) is 12.3. The number of halogens is 2. The summed E-state index contributed by atoms with van der Waals surface area (Å²) in [6, 6.07) is 10.4. The van der Waals surface area contributed by atoms with E-state index in [9.17, 15) is 9.59 Å². The number of benzene rings is 2.